The predicted octanol–water partition coefficient (Wildman–Crippen LogP) is 16.0. The highest BCUT2D eigenvalue weighted by atomic mass is 32.1. The van der Waals surface area contributed by atoms with Gasteiger partial charge >= 0.3 is 0 Å². The number of hydrogen-bond acceptors (Lipinski definition) is 6. The normalized spacial score (nSPS) is 12.1. The molecule has 0 saturated carbocycles. The Morgan fingerprint density at radius 3 is 1.70 bits per heavy atom. The predicted molar refractivity (Wildman–Crippen MR) is 267 cm³/mol. The van der Waals surface area contributed by atoms with Crippen LogP contribution in [-0.2, 0) is 0 Å². The Morgan fingerprint density at radius 2 is 0.906 bits per heavy atom. The lowest BCUT2D eigenvalue weighted by Gasteiger charge is -2.15. The van der Waals surface area contributed by atoms with Crippen LogP contribution in [0.4, 0.5) is 0 Å². The molecule has 14 rings (SSSR count). The maximum absolute atomic E-state index is 6.51. The van der Waals surface area contributed by atoms with Crippen molar-refractivity contribution in [2.24, 2.45) is 0 Å². The molecule has 0 bridgehead atoms. The fourth-order valence-corrected chi connectivity index (χ4v) is 11.2. The highest BCUT2D eigenvalue weighted by molar-refractivity contribution is 7.25. The summed E-state index contributed by atoms with van der Waals surface area (Å²) in [7, 11) is 0. The third-order valence-corrected chi connectivity index (χ3v) is 14.0. The highest BCUT2D eigenvalue weighted by Crippen LogP contribution is 2.44. The molecule has 0 fully saturated rings. The molecule has 0 aliphatic rings. The molecule has 296 valence electrons. The minimum absolute atomic E-state index is 0.585. The number of furan rings is 1. The molecule has 14 aromatic rings. The lowest BCUT2D eigenvalue weighted by Crippen LogP contribution is -2.00. The van der Waals surface area contributed by atoms with Gasteiger partial charge in [0.2, 0.25) is 0 Å². The maximum Gasteiger partial charge on any atom is 0.164 e. The topological polar surface area (TPSA) is 64.7 Å². The summed E-state index contributed by atoms with van der Waals surface area (Å²) in [5, 5.41) is 15.1. The summed E-state index contributed by atoms with van der Waals surface area (Å²) >= 11 is 1.79. The Kier molecular flexibility index (Phi) is 7.49. The first kappa shape index (κ1) is 35.3. The van der Waals surface area contributed by atoms with E-state index in [0.29, 0.717) is 17.5 Å². The number of pyridine rings is 1. The zero-order valence-corrected chi connectivity index (χ0v) is 34.9. The van der Waals surface area contributed by atoms with E-state index in [9.17, 15) is 0 Å². The van der Waals surface area contributed by atoms with E-state index in [-0.39, 0.29) is 0 Å². The van der Waals surface area contributed by atoms with Gasteiger partial charge in [0.15, 0.2) is 17.5 Å². The molecule has 4 aromatic heterocycles. The summed E-state index contributed by atoms with van der Waals surface area (Å²) in [4.78, 5) is 21.3. The monoisotopic (exact) mass is 832 g/mol. The number of thiophene rings is 1. The number of aromatic nitrogens is 4. The smallest absolute Gasteiger partial charge is 0.164 e. The van der Waals surface area contributed by atoms with E-state index in [0.717, 1.165) is 76.9 Å². The third kappa shape index (κ3) is 5.24. The molecule has 64 heavy (non-hydrogen) atoms. The minimum atomic E-state index is 0.585. The first-order valence-electron chi connectivity index (χ1n) is 21.5. The molecule has 4 heterocycles. The van der Waals surface area contributed by atoms with E-state index >= 15 is 0 Å². The van der Waals surface area contributed by atoms with E-state index < -0.39 is 0 Å². The molecule has 10 aromatic carbocycles. The van der Waals surface area contributed by atoms with Crippen LogP contribution in [0.3, 0.4) is 0 Å². The zero-order chi connectivity index (χ0) is 41.9. The van der Waals surface area contributed by atoms with Gasteiger partial charge in [-0.25, -0.2) is 19.9 Å². The SMILES string of the molecule is c1ccc(-c2nc(-c3ccc4c(c3)nc(-c3ccc5c6ccccc6c6ccccc6c5c3)c3ccc5oc6ccccc6c5c34)nc(-c3cccc4sc5ccccc5c34)n2)cc1. The minimum Gasteiger partial charge on any atom is -0.456 e. The van der Waals surface area contributed by atoms with Gasteiger partial charge in [-0.2, -0.15) is 0 Å². The molecule has 0 unspecified atom stereocenters. The van der Waals surface area contributed by atoms with Crippen molar-refractivity contribution in [3.8, 4) is 45.4 Å². The molecule has 0 saturated heterocycles. The molecule has 5 nitrogen and oxygen atoms in total. The van der Waals surface area contributed by atoms with Crippen LogP contribution < -0.4 is 0 Å². The van der Waals surface area contributed by atoms with Crippen LogP contribution in [0.2, 0.25) is 0 Å². The summed E-state index contributed by atoms with van der Waals surface area (Å²) in [6.07, 6.45) is 0. The quantitative estimate of drug-likeness (QED) is 0.165. The van der Waals surface area contributed by atoms with Gasteiger partial charge in [-0.1, -0.05) is 152 Å². The van der Waals surface area contributed by atoms with Crippen molar-refractivity contribution in [3.05, 3.63) is 194 Å². The van der Waals surface area contributed by atoms with Crippen molar-refractivity contribution < 1.29 is 4.42 Å². The second-order valence-electron chi connectivity index (χ2n) is 16.5. The fraction of sp³-hybridized carbons (Fsp3) is 0. The molecule has 0 atom stereocenters. The lowest BCUT2D eigenvalue weighted by molar-refractivity contribution is 0.669. The number of rotatable bonds is 4. The first-order valence-corrected chi connectivity index (χ1v) is 22.3. The average molecular weight is 833 g/mol. The number of para-hydroxylation sites is 1. The van der Waals surface area contributed by atoms with E-state index in [1.165, 1.54) is 47.1 Å². The molecule has 0 aliphatic heterocycles. The average Bonchev–Trinajstić information content (AvgIpc) is 3.95. The Bertz CT molecular complexity index is 4230. The van der Waals surface area contributed by atoms with Crippen LogP contribution >= 0.6 is 11.3 Å². The van der Waals surface area contributed by atoms with Gasteiger partial charge in [-0.15, -0.1) is 11.3 Å². The molecule has 6 heteroatoms. The van der Waals surface area contributed by atoms with Gasteiger partial charge in [0, 0.05) is 69.4 Å². The summed E-state index contributed by atoms with van der Waals surface area (Å²) in [5.41, 5.74) is 7.25. The zero-order valence-electron chi connectivity index (χ0n) is 34.1. The number of nitrogens with zero attached hydrogens (tertiary/aromatic N) is 4. The Morgan fingerprint density at radius 1 is 0.312 bits per heavy atom. The largest absolute Gasteiger partial charge is 0.456 e. The summed E-state index contributed by atoms with van der Waals surface area (Å²) in [6.45, 7) is 0. The standard InChI is InChI=1S/C58H32N4OS/c1-2-13-33(14-3-1)56-60-57(62-58(61-56)45-21-12-24-51-52(45)43-20-9-11-23-50(43)64-51)35-26-28-41-47(32-35)59-55(44-29-30-49-54(53(41)44)42-19-8-10-22-48(42)63-49)34-25-27-40-38-17-5-4-15-36(38)37-16-6-7-18-39(37)46(40)31-34/h1-32H. The number of fused-ring (bicyclic) bond motifs is 16. The molecule has 0 aliphatic carbocycles. The number of benzene rings is 10. The summed E-state index contributed by atoms with van der Waals surface area (Å²) in [5.74, 6) is 1.83. The Labute approximate surface area is 369 Å². The molecular weight excluding hydrogens is 801 g/mol. The van der Waals surface area contributed by atoms with Crippen LogP contribution in [0, 0.1) is 0 Å². The highest BCUT2D eigenvalue weighted by Gasteiger charge is 2.21. The Balaban J connectivity index is 1.05. The van der Waals surface area contributed by atoms with Gasteiger partial charge in [0.05, 0.1) is 11.2 Å². The van der Waals surface area contributed by atoms with E-state index in [2.05, 4.69) is 164 Å². The molecule has 0 amide bonds. The van der Waals surface area contributed by atoms with Crippen molar-refractivity contribution in [1.29, 1.82) is 0 Å². The third-order valence-electron chi connectivity index (χ3n) is 12.9. The lowest BCUT2D eigenvalue weighted by atomic mass is 9.91. The Hall–Kier alpha value is -8.32. The van der Waals surface area contributed by atoms with Crippen LogP contribution in [0.15, 0.2) is 199 Å². The van der Waals surface area contributed by atoms with Crippen LogP contribution in [-0.4, -0.2) is 19.9 Å². The second kappa shape index (κ2) is 13.6. The van der Waals surface area contributed by atoms with Gasteiger partial charge in [-0.3, -0.25) is 0 Å². The first-order chi connectivity index (χ1) is 31.7. The summed E-state index contributed by atoms with van der Waals surface area (Å²) < 4.78 is 8.94. The van der Waals surface area contributed by atoms with Crippen molar-refractivity contribution in [3.63, 3.8) is 0 Å². The second-order valence-corrected chi connectivity index (χ2v) is 17.5. The van der Waals surface area contributed by atoms with Crippen LogP contribution in [0.5, 0.6) is 0 Å². The van der Waals surface area contributed by atoms with Crippen molar-refractivity contribution in [1.82, 2.24) is 19.9 Å². The van der Waals surface area contributed by atoms with Crippen molar-refractivity contribution in [2.45, 2.75) is 0 Å². The maximum atomic E-state index is 6.51. The fourth-order valence-electron chi connectivity index (χ4n) is 10.0. The van der Waals surface area contributed by atoms with E-state index in [1.54, 1.807) is 11.3 Å². The van der Waals surface area contributed by atoms with Gasteiger partial charge in [0.1, 0.15) is 11.2 Å². The van der Waals surface area contributed by atoms with E-state index in [4.69, 9.17) is 24.4 Å². The van der Waals surface area contributed by atoms with Crippen molar-refractivity contribution in [2.75, 3.05) is 0 Å². The molecular formula is C58H32N4OS. The van der Waals surface area contributed by atoms with Crippen LogP contribution in [0.1, 0.15) is 0 Å². The molecule has 0 spiro atoms. The van der Waals surface area contributed by atoms with Crippen LogP contribution in [0.25, 0.3) is 142 Å². The molecule has 0 N–H and O–H groups in total. The van der Waals surface area contributed by atoms with Gasteiger partial charge in [-0.05, 0) is 74.8 Å². The van der Waals surface area contributed by atoms with E-state index in [1.807, 2.05) is 30.3 Å². The van der Waals surface area contributed by atoms with Crippen molar-refractivity contribution >= 4 is 107 Å². The van der Waals surface area contributed by atoms with Gasteiger partial charge < -0.3 is 4.42 Å². The number of hydrogen-bond donors (Lipinski definition) is 0. The molecule has 0 radical (unpaired) electrons. The van der Waals surface area contributed by atoms with Gasteiger partial charge in [0.25, 0.3) is 0 Å². The summed E-state index contributed by atoms with van der Waals surface area (Å²) in [6, 6.07) is 68.5.